The quantitative estimate of drug-likeness (QED) is 0.776. The molecule has 2 aromatic heterocycles. The number of rotatable bonds is 8. The number of nitrogens with zero attached hydrogens (tertiary/aromatic N) is 2. The molecule has 0 spiro atoms. The van der Waals surface area contributed by atoms with Crippen molar-refractivity contribution in [2.75, 3.05) is 0 Å². The Hall–Kier alpha value is -1.89. The van der Waals surface area contributed by atoms with E-state index in [2.05, 4.69) is 22.4 Å². The van der Waals surface area contributed by atoms with Crippen LogP contribution in [0, 0.1) is 6.92 Å². The predicted octanol–water partition coefficient (Wildman–Crippen LogP) is 4.06. The fourth-order valence-electron chi connectivity index (χ4n) is 2.34. The average Bonchev–Trinajstić information content (AvgIpc) is 3.09. The zero-order chi connectivity index (χ0) is 17.5. The summed E-state index contributed by atoms with van der Waals surface area (Å²) in [6.07, 6.45) is 5.96. The van der Waals surface area contributed by atoms with Crippen LogP contribution in [-0.2, 0) is 19.3 Å². The molecule has 0 bridgehead atoms. The van der Waals surface area contributed by atoms with Crippen LogP contribution in [0.15, 0.2) is 10.7 Å². The fraction of sp³-hybridized carbons (Fsp3) is 0.588. The molecule has 0 aliphatic heterocycles. The molecule has 7 heteroatoms. The first-order chi connectivity index (χ1) is 11.5. The van der Waals surface area contributed by atoms with Gasteiger partial charge in [-0.25, -0.2) is 9.78 Å². The second-order valence-electron chi connectivity index (χ2n) is 6.03. The summed E-state index contributed by atoms with van der Waals surface area (Å²) in [5.74, 6) is 0.880. The molecule has 6 nitrogen and oxygen atoms in total. The van der Waals surface area contributed by atoms with Gasteiger partial charge in [-0.05, 0) is 40.0 Å². The highest BCUT2D eigenvalue weighted by molar-refractivity contribution is 7.13. The Morgan fingerprint density at radius 3 is 2.88 bits per heavy atom. The molecule has 1 N–H and O–H groups in total. The van der Waals surface area contributed by atoms with Crippen LogP contribution >= 0.6 is 11.3 Å². The number of aryl methyl sites for hydroxylation is 3. The van der Waals surface area contributed by atoms with Gasteiger partial charge in [0.15, 0.2) is 0 Å². The van der Waals surface area contributed by atoms with Gasteiger partial charge < -0.3 is 14.6 Å². The van der Waals surface area contributed by atoms with Crippen molar-refractivity contribution < 1.29 is 14.1 Å². The molecule has 0 aromatic carbocycles. The molecule has 0 saturated carbocycles. The van der Waals surface area contributed by atoms with E-state index in [4.69, 9.17) is 9.26 Å². The van der Waals surface area contributed by atoms with Gasteiger partial charge in [-0.3, -0.25) is 0 Å². The third-order valence-corrected chi connectivity index (χ3v) is 4.49. The van der Waals surface area contributed by atoms with Crippen LogP contribution in [-0.4, -0.2) is 22.3 Å². The Labute approximate surface area is 146 Å². The number of carbonyl (C=O) groups is 1. The molecule has 24 heavy (non-hydrogen) atoms. The second kappa shape index (κ2) is 8.82. The van der Waals surface area contributed by atoms with Crippen LogP contribution in [0.5, 0.6) is 5.06 Å². The van der Waals surface area contributed by atoms with Gasteiger partial charge in [0, 0.05) is 18.0 Å². The normalized spacial score (nSPS) is 11.0. The minimum Gasteiger partial charge on any atom is -0.397 e. The van der Waals surface area contributed by atoms with E-state index in [1.54, 1.807) is 6.20 Å². The van der Waals surface area contributed by atoms with Gasteiger partial charge in [-0.15, -0.1) is 0 Å². The lowest BCUT2D eigenvalue weighted by molar-refractivity contribution is 0.199. The van der Waals surface area contributed by atoms with Crippen molar-refractivity contribution in [1.29, 1.82) is 0 Å². The Balaban J connectivity index is 1.91. The average molecular weight is 351 g/mol. The first kappa shape index (κ1) is 18.4. The summed E-state index contributed by atoms with van der Waals surface area (Å²) < 4.78 is 10.5. The molecule has 2 aromatic rings. The van der Waals surface area contributed by atoms with Crippen molar-refractivity contribution in [3.05, 3.63) is 28.2 Å². The van der Waals surface area contributed by atoms with Gasteiger partial charge in [0.05, 0.1) is 16.9 Å². The molecule has 0 fully saturated rings. The highest BCUT2D eigenvalue weighted by Crippen LogP contribution is 2.24. The van der Waals surface area contributed by atoms with E-state index in [0.717, 1.165) is 48.6 Å². The van der Waals surface area contributed by atoms with Gasteiger partial charge >= 0.3 is 6.09 Å². The smallest absolute Gasteiger partial charge is 0.397 e. The summed E-state index contributed by atoms with van der Waals surface area (Å²) in [6, 6.07) is 0.0444. The van der Waals surface area contributed by atoms with Gasteiger partial charge in [-0.2, -0.15) is 0 Å². The number of hydrogen-bond acceptors (Lipinski definition) is 6. The third-order valence-electron chi connectivity index (χ3n) is 3.55. The van der Waals surface area contributed by atoms with E-state index in [-0.39, 0.29) is 6.04 Å². The zero-order valence-corrected chi connectivity index (χ0v) is 15.5. The van der Waals surface area contributed by atoms with E-state index in [1.165, 1.54) is 16.9 Å². The van der Waals surface area contributed by atoms with Gasteiger partial charge in [0.1, 0.15) is 5.76 Å². The van der Waals surface area contributed by atoms with Crippen molar-refractivity contribution in [2.45, 2.75) is 65.8 Å². The Bertz CT molecular complexity index is 664. The van der Waals surface area contributed by atoms with Crippen LogP contribution in [0.2, 0.25) is 0 Å². The highest BCUT2D eigenvalue weighted by atomic mass is 32.1. The summed E-state index contributed by atoms with van der Waals surface area (Å²) in [7, 11) is 0. The summed E-state index contributed by atoms with van der Waals surface area (Å²) in [5, 5.41) is 8.30. The predicted molar refractivity (Wildman–Crippen MR) is 93.7 cm³/mol. The number of carbonyl (C=O) groups excluding carboxylic acids is 1. The first-order valence-corrected chi connectivity index (χ1v) is 9.18. The van der Waals surface area contributed by atoms with E-state index >= 15 is 0 Å². The van der Waals surface area contributed by atoms with Crippen LogP contribution < -0.4 is 10.1 Å². The summed E-state index contributed by atoms with van der Waals surface area (Å²) in [6.45, 7) is 7.89. The van der Waals surface area contributed by atoms with Crippen molar-refractivity contribution >= 4 is 17.4 Å². The van der Waals surface area contributed by atoms with Crippen LogP contribution in [0.1, 0.15) is 55.6 Å². The molecule has 0 aliphatic carbocycles. The highest BCUT2D eigenvalue weighted by Gasteiger charge is 2.14. The molecule has 2 rings (SSSR count). The molecule has 0 radical (unpaired) electrons. The number of thiazole rings is 1. The molecule has 132 valence electrons. The maximum atomic E-state index is 11.6. The lowest BCUT2D eigenvalue weighted by Gasteiger charge is -2.06. The lowest BCUT2D eigenvalue weighted by Crippen LogP contribution is -2.32. The maximum Gasteiger partial charge on any atom is 0.413 e. The Morgan fingerprint density at radius 2 is 2.17 bits per heavy atom. The third kappa shape index (κ3) is 5.33. The van der Waals surface area contributed by atoms with Crippen LogP contribution in [0.3, 0.4) is 0 Å². The monoisotopic (exact) mass is 351 g/mol. The number of ether oxygens (including phenoxy) is 1. The van der Waals surface area contributed by atoms with Crippen molar-refractivity contribution in [2.24, 2.45) is 0 Å². The first-order valence-electron chi connectivity index (χ1n) is 8.36. The van der Waals surface area contributed by atoms with E-state index in [9.17, 15) is 4.79 Å². The number of amides is 1. The number of hydrogen-bond donors (Lipinski definition) is 1. The SMILES string of the molecule is CCCCc1noc(C)c1CCc1ncc(OC(=O)NC(C)C)s1. The van der Waals surface area contributed by atoms with Gasteiger partial charge in [-0.1, -0.05) is 29.8 Å². The molecule has 2 heterocycles. The molecule has 1 amide bonds. The standard InChI is InChI=1S/C17H25N3O3S/c1-5-6-7-14-13(12(4)23-20-14)8-9-15-18-10-16(24-15)22-17(21)19-11(2)3/h10-11H,5-9H2,1-4H3,(H,19,21). The molecule has 0 atom stereocenters. The number of nitrogens with one attached hydrogen (secondary N) is 1. The summed E-state index contributed by atoms with van der Waals surface area (Å²) in [4.78, 5) is 15.9. The Kier molecular flexibility index (Phi) is 6.78. The number of aromatic nitrogens is 2. The van der Waals surface area contributed by atoms with Crippen molar-refractivity contribution in [1.82, 2.24) is 15.5 Å². The lowest BCUT2D eigenvalue weighted by atomic mass is 10.0. The fourth-order valence-corrected chi connectivity index (χ4v) is 3.11. The van der Waals surface area contributed by atoms with Crippen LogP contribution in [0.4, 0.5) is 4.79 Å². The minimum atomic E-state index is -0.447. The minimum absolute atomic E-state index is 0.0444. The zero-order valence-electron chi connectivity index (χ0n) is 14.7. The van der Waals surface area contributed by atoms with Crippen molar-refractivity contribution in [3.8, 4) is 5.06 Å². The van der Waals surface area contributed by atoms with Gasteiger partial charge in [0.25, 0.3) is 0 Å². The van der Waals surface area contributed by atoms with E-state index < -0.39 is 6.09 Å². The number of unbranched alkanes of at least 4 members (excludes halogenated alkanes) is 1. The van der Waals surface area contributed by atoms with Gasteiger partial charge in [0.2, 0.25) is 5.06 Å². The van der Waals surface area contributed by atoms with Crippen LogP contribution in [0.25, 0.3) is 0 Å². The second-order valence-corrected chi connectivity index (χ2v) is 7.11. The topological polar surface area (TPSA) is 77.2 Å². The molecular formula is C17H25N3O3S. The molecule has 0 unspecified atom stereocenters. The summed E-state index contributed by atoms with van der Waals surface area (Å²) in [5.41, 5.74) is 2.23. The molecular weight excluding hydrogens is 326 g/mol. The van der Waals surface area contributed by atoms with E-state index in [0.29, 0.717) is 5.06 Å². The largest absolute Gasteiger partial charge is 0.413 e. The maximum absolute atomic E-state index is 11.6. The Morgan fingerprint density at radius 1 is 1.38 bits per heavy atom. The van der Waals surface area contributed by atoms with Crippen molar-refractivity contribution in [3.63, 3.8) is 0 Å². The molecule has 0 aliphatic rings. The molecule has 0 saturated heterocycles. The van der Waals surface area contributed by atoms with E-state index in [1.807, 2.05) is 20.8 Å². The summed E-state index contributed by atoms with van der Waals surface area (Å²) >= 11 is 1.39.